The van der Waals surface area contributed by atoms with Gasteiger partial charge in [0.05, 0.1) is 26.1 Å². The summed E-state index contributed by atoms with van der Waals surface area (Å²) in [7, 11) is 1.31. The normalized spacial score (nSPS) is 11.9. The van der Waals surface area contributed by atoms with Crippen molar-refractivity contribution in [1.29, 1.82) is 0 Å². The van der Waals surface area contributed by atoms with Crippen molar-refractivity contribution in [3.63, 3.8) is 0 Å². The van der Waals surface area contributed by atoms with Crippen LogP contribution >= 0.6 is 0 Å². The molecule has 0 aromatic carbocycles. The van der Waals surface area contributed by atoms with Gasteiger partial charge in [-0.2, -0.15) is 0 Å². The molecule has 106 valence electrons. The zero-order valence-corrected chi connectivity index (χ0v) is 11.9. The van der Waals surface area contributed by atoms with Crippen LogP contribution in [0.4, 0.5) is 0 Å². The Hall–Kier alpha value is -1.65. The lowest BCUT2D eigenvalue weighted by Crippen LogP contribution is -2.12. The summed E-state index contributed by atoms with van der Waals surface area (Å²) in [6.07, 6.45) is 7.50. The SMILES string of the molecule is CCCCC(CC)COc1cnc(C(=O)OC)cn1. The number of carbonyl (C=O) groups excluding carboxylic acids is 1. The maximum atomic E-state index is 11.2. The summed E-state index contributed by atoms with van der Waals surface area (Å²) in [4.78, 5) is 19.2. The molecule has 0 aliphatic carbocycles. The molecule has 5 heteroatoms. The van der Waals surface area contributed by atoms with Crippen LogP contribution in [0.2, 0.25) is 0 Å². The molecule has 1 aromatic rings. The lowest BCUT2D eigenvalue weighted by atomic mass is 10.0. The van der Waals surface area contributed by atoms with E-state index in [0.29, 0.717) is 18.4 Å². The van der Waals surface area contributed by atoms with E-state index in [2.05, 4.69) is 28.6 Å². The summed E-state index contributed by atoms with van der Waals surface area (Å²) in [5.74, 6) is 0.498. The molecule has 19 heavy (non-hydrogen) atoms. The van der Waals surface area contributed by atoms with Gasteiger partial charge in [-0.25, -0.2) is 14.8 Å². The molecule has 0 amide bonds. The fourth-order valence-electron chi connectivity index (χ4n) is 1.70. The zero-order valence-electron chi connectivity index (χ0n) is 11.9. The van der Waals surface area contributed by atoms with Gasteiger partial charge in [-0.15, -0.1) is 0 Å². The van der Waals surface area contributed by atoms with Gasteiger partial charge < -0.3 is 9.47 Å². The van der Waals surface area contributed by atoms with Crippen molar-refractivity contribution in [2.45, 2.75) is 39.5 Å². The fraction of sp³-hybridized carbons (Fsp3) is 0.643. The summed E-state index contributed by atoms with van der Waals surface area (Å²) in [6, 6.07) is 0. The Morgan fingerprint density at radius 1 is 1.32 bits per heavy atom. The molecular formula is C14H22N2O3. The molecule has 5 nitrogen and oxygen atoms in total. The molecular weight excluding hydrogens is 244 g/mol. The highest BCUT2D eigenvalue weighted by Gasteiger charge is 2.10. The second-order valence-corrected chi connectivity index (χ2v) is 4.46. The van der Waals surface area contributed by atoms with Crippen molar-refractivity contribution in [3.05, 3.63) is 18.1 Å². The molecule has 1 aromatic heterocycles. The van der Waals surface area contributed by atoms with Crippen molar-refractivity contribution in [2.75, 3.05) is 13.7 Å². The largest absolute Gasteiger partial charge is 0.476 e. The molecule has 1 rings (SSSR count). The van der Waals surface area contributed by atoms with E-state index in [1.54, 1.807) is 0 Å². The van der Waals surface area contributed by atoms with Crippen LogP contribution in [0.25, 0.3) is 0 Å². The van der Waals surface area contributed by atoms with Gasteiger partial charge in [-0.3, -0.25) is 0 Å². The molecule has 0 bridgehead atoms. The van der Waals surface area contributed by atoms with Crippen molar-refractivity contribution in [2.24, 2.45) is 5.92 Å². The van der Waals surface area contributed by atoms with E-state index in [0.717, 1.165) is 6.42 Å². The molecule has 1 heterocycles. The average molecular weight is 266 g/mol. The van der Waals surface area contributed by atoms with Gasteiger partial charge in [0.1, 0.15) is 0 Å². The summed E-state index contributed by atoms with van der Waals surface area (Å²) >= 11 is 0. The Kier molecular flexibility index (Phi) is 6.85. The molecule has 1 atom stereocenters. The van der Waals surface area contributed by atoms with E-state index >= 15 is 0 Å². The van der Waals surface area contributed by atoms with Gasteiger partial charge in [0.15, 0.2) is 5.69 Å². The minimum Gasteiger partial charge on any atom is -0.476 e. The van der Waals surface area contributed by atoms with Gasteiger partial charge in [-0.05, 0) is 12.3 Å². The van der Waals surface area contributed by atoms with Crippen LogP contribution in [-0.2, 0) is 4.74 Å². The van der Waals surface area contributed by atoms with E-state index in [1.165, 1.54) is 38.8 Å². The van der Waals surface area contributed by atoms with E-state index in [4.69, 9.17) is 4.74 Å². The molecule has 0 aliphatic heterocycles. The van der Waals surface area contributed by atoms with E-state index < -0.39 is 5.97 Å². The first-order chi connectivity index (χ1) is 9.21. The lowest BCUT2D eigenvalue weighted by molar-refractivity contribution is 0.0593. The summed E-state index contributed by atoms with van der Waals surface area (Å²) in [5, 5.41) is 0. The molecule has 0 saturated carbocycles. The van der Waals surface area contributed by atoms with Crippen LogP contribution < -0.4 is 4.74 Å². The minimum absolute atomic E-state index is 0.188. The van der Waals surface area contributed by atoms with Crippen LogP contribution in [0, 0.1) is 5.92 Å². The highest BCUT2D eigenvalue weighted by Crippen LogP contribution is 2.14. The quantitative estimate of drug-likeness (QED) is 0.677. The number of carbonyl (C=O) groups is 1. The van der Waals surface area contributed by atoms with Crippen molar-refractivity contribution in [1.82, 2.24) is 9.97 Å². The number of hydrogen-bond acceptors (Lipinski definition) is 5. The smallest absolute Gasteiger partial charge is 0.358 e. The lowest BCUT2D eigenvalue weighted by Gasteiger charge is -2.14. The number of nitrogens with zero attached hydrogens (tertiary/aromatic N) is 2. The highest BCUT2D eigenvalue weighted by atomic mass is 16.5. The van der Waals surface area contributed by atoms with Crippen LogP contribution in [0.1, 0.15) is 50.0 Å². The van der Waals surface area contributed by atoms with Crippen molar-refractivity contribution >= 4 is 5.97 Å². The van der Waals surface area contributed by atoms with E-state index in [1.807, 2.05) is 0 Å². The Morgan fingerprint density at radius 3 is 2.63 bits per heavy atom. The van der Waals surface area contributed by atoms with E-state index in [-0.39, 0.29) is 5.69 Å². The maximum Gasteiger partial charge on any atom is 0.358 e. The second-order valence-electron chi connectivity index (χ2n) is 4.46. The second kappa shape index (κ2) is 8.45. The third kappa shape index (κ3) is 5.24. The number of rotatable bonds is 8. The molecule has 0 spiro atoms. The molecule has 0 fully saturated rings. The third-order valence-electron chi connectivity index (χ3n) is 3.03. The average Bonchev–Trinajstić information content (AvgIpc) is 2.47. The first kappa shape index (κ1) is 15.4. The Bertz CT molecular complexity index is 379. The summed E-state index contributed by atoms with van der Waals surface area (Å²) in [6.45, 7) is 4.99. The number of unbranched alkanes of at least 4 members (excludes halogenated alkanes) is 1. The summed E-state index contributed by atoms with van der Waals surface area (Å²) in [5.41, 5.74) is 0.188. The van der Waals surface area contributed by atoms with Gasteiger partial charge >= 0.3 is 5.97 Å². The highest BCUT2D eigenvalue weighted by molar-refractivity contribution is 5.86. The first-order valence-corrected chi connectivity index (χ1v) is 6.74. The molecule has 0 N–H and O–H groups in total. The van der Waals surface area contributed by atoms with Crippen LogP contribution in [0.15, 0.2) is 12.4 Å². The third-order valence-corrected chi connectivity index (χ3v) is 3.03. The number of aromatic nitrogens is 2. The van der Waals surface area contributed by atoms with Gasteiger partial charge in [0, 0.05) is 0 Å². The van der Waals surface area contributed by atoms with E-state index in [9.17, 15) is 4.79 Å². The summed E-state index contributed by atoms with van der Waals surface area (Å²) < 4.78 is 10.2. The zero-order chi connectivity index (χ0) is 14.1. The molecule has 0 saturated heterocycles. The van der Waals surface area contributed by atoms with Crippen molar-refractivity contribution in [3.8, 4) is 5.88 Å². The number of methoxy groups -OCH3 is 1. The number of esters is 1. The Labute approximate surface area is 114 Å². The minimum atomic E-state index is -0.492. The first-order valence-electron chi connectivity index (χ1n) is 6.74. The van der Waals surface area contributed by atoms with Gasteiger partial charge in [0.2, 0.25) is 5.88 Å². The standard InChI is InChI=1S/C14H22N2O3/c1-4-6-7-11(5-2)10-19-13-9-15-12(8-16-13)14(17)18-3/h8-9,11H,4-7,10H2,1-3H3. The monoisotopic (exact) mass is 266 g/mol. The Balaban J connectivity index is 2.46. The Morgan fingerprint density at radius 2 is 2.11 bits per heavy atom. The maximum absolute atomic E-state index is 11.2. The molecule has 0 aliphatic rings. The van der Waals surface area contributed by atoms with Gasteiger partial charge in [-0.1, -0.05) is 33.1 Å². The fourth-order valence-corrected chi connectivity index (χ4v) is 1.70. The molecule has 0 radical (unpaired) electrons. The van der Waals surface area contributed by atoms with Crippen LogP contribution in [-0.4, -0.2) is 29.7 Å². The van der Waals surface area contributed by atoms with Crippen LogP contribution in [0.5, 0.6) is 5.88 Å². The van der Waals surface area contributed by atoms with Crippen LogP contribution in [0.3, 0.4) is 0 Å². The van der Waals surface area contributed by atoms with Crippen molar-refractivity contribution < 1.29 is 14.3 Å². The number of ether oxygens (including phenoxy) is 2. The predicted octanol–water partition coefficient (Wildman–Crippen LogP) is 2.86. The number of hydrogen-bond donors (Lipinski definition) is 0. The molecule has 1 unspecified atom stereocenters. The topological polar surface area (TPSA) is 61.3 Å². The predicted molar refractivity (Wildman–Crippen MR) is 72.2 cm³/mol. The van der Waals surface area contributed by atoms with Gasteiger partial charge in [0.25, 0.3) is 0 Å².